The van der Waals surface area contributed by atoms with E-state index in [4.69, 9.17) is 4.74 Å². The molecule has 4 saturated carbocycles. The fourth-order valence-corrected chi connectivity index (χ4v) is 8.42. The fourth-order valence-electron chi connectivity index (χ4n) is 8.42. The van der Waals surface area contributed by atoms with Crippen molar-refractivity contribution in [1.29, 1.82) is 0 Å². The van der Waals surface area contributed by atoms with Gasteiger partial charge in [0.1, 0.15) is 18.4 Å². The summed E-state index contributed by atoms with van der Waals surface area (Å²) < 4.78 is 5.71. The number of ketones is 1. The molecular formula is C25H39NO4. The summed E-state index contributed by atoms with van der Waals surface area (Å²) in [6, 6.07) is 0. The Kier molecular flexibility index (Phi) is 5.78. The van der Waals surface area contributed by atoms with Crippen molar-refractivity contribution in [2.75, 3.05) is 6.54 Å². The van der Waals surface area contributed by atoms with Gasteiger partial charge in [-0.1, -0.05) is 13.8 Å². The molecule has 0 aromatic rings. The molecule has 0 spiro atoms. The largest absolute Gasteiger partial charge is 0.461 e. The topological polar surface area (TPSA) is 72.5 Å². The first kappa shape index (κ1) is 21.8. The molecule has 0 aliphatic heterocycles. The number of fused-ring (bicyclic) bond motifs is 5. The second-order valence-corrected chi connectivity index (χ2v) is 11.2. The zero-order chi connectivity index (χ0) is 21.7. The summed E-state index contributed by atoms with van der Waals surface area (Å²) >= 11 is 0. The molecule has 0 saturated heterocycles. The van der Waals surface area contributed by atoms with Gasteiger partial charge in [-0.05, 0) is 99.2 Å². The molecular weight excluding hydrogens is 378 g/mol. The predicted octanol–water partition coefficient (Wildman–Crippen LogP) is 4.28. The Morgan fingerprint density at radius 3 is 2.30 bits per heavy atom. The summed E-state index contributed by atoms with van der Waals surface area (Å²) in [6.45, 7) is 8.10. The molecule has 5 heteroatoms. The van der Waals surface area contributed by atoms with Crippen LogP contribution in [0.15, 0.2) is 0 Å². The van der Waals surface area contributed by atoms with Gasteiger partial charge in [-0.3, -0.25) is 14.4 Å². The smallest absolute Gasteiger partial charge is 0.325 e. The zero-order valence-electron chi connectivity index (χ0n) is 19.2. The molecule has 4 aliphatic carbocycles. The first-order chi connectivity index (χ1) is 14.1. The van der Waals surface area contributed by atoms with Crippen molar-refractivity contribution in [3.05, 3.63) is 0 Å². The highest BCUT2D eigenvalue weighted by Crippen LogP contribution is 2.67. The van der Waals surface area contributed by atoms with Gasteiger partial charge >= 0.3 is 5.97 Å². The van der Waals surface area contributed by atoms with Crippen molar-refractivity contribution in [1.82, 2.24) is 5.32 Å². The van der Waals surface area contributed by atoms with Crippen molar-refractivity contribution in [3.63, 3.8) is 0 Å². The lowest BCUT2D eigenvalue weighted by atomic mass is 9.44. The molecule has 5 nitrogen and oxygen atoms in total. The quantitative estimate of drug-likeness (QED) is 0.693. The molecule has 0 unspecified atom stereocenters. The normalized spacial score (nSPS) is 44.9. The van der Waals surface area contributed by atoms with Gasteiger partial charge in [0.25, 0.3) is 0 Å². The second-order valence-electron chi connectivity index (χ2n) is 11.2. The first-order valence-electron chi connectivity index (χ1n) is 12.1. The van der Waals surface area contributed by atoms with Crippen LogP contribution in [-0.2, 0) is 19.1 Å². The maximum absolute atomic E-state index is 12.3. The lowest BCUT2D eigenvalue weighted by Crippen LogP contribution is -2.54. The van der Waals surface area contributed by atoms with Gasteiger partial charge in [0.05, 0.1) is 0 Å². The van der Waals surface area contributed by atoms with Crippen molar-refractivity contribution < 1.29 is 19.1 Å². The van der Waals surface area contributed by atoms with Crippen LogP contribution in [0.3, 0.4) is 0 Å². The van der Waals surface area contributed by atoms with Crippen LogP contribution in [0.1, 0.15) is 85.5 Å². The Hall–Kier alpha value is -1.39. The van der Waals surface area contributed by atoms with E-state index in [2.05, 4.69) is 19.2 Å². The van der Waals surface area contributed by atoms with Gasteiger partial charge in [0, 0.05) is 12.8 Å². The fraction of sp³-hybridized carbons (Fsp3) is 0.880. The lowest BCUT2D eigenvalue weighted by molar-refractivity contribution is -0.162. The highest BCUT2D eigenvalue weighted by Gasteiger charge is 2.60. The third-order valence-corrected chi connectivity index (χ3v) is 9.89. The minimum absolute atomic E-state index is 0.0108. The predicted molar refractivity (Wildman–Crippen MR) is 114 cm³/mol. The maximum Gasteiger partial charge on any atom is 0.325 e. The number of hydrogen-bond acceptors (Lipinski definition) is 4. The van der Waals surface area contributed by atoms with Gasteiger partial charge in [0.2, 0.25) is 5.91 Å². The summed E-state index contributed by atoms with van der Waals surface area (Å²) in [6.07, 6.45) is 10.3. The molecule has 0 radical (unpaired) electrons. The van der Waals surface area contributed by atoms with Gasteiger partial charge in [-0.2, -0.15) is 0 Å². The monoisotopic (exact) mass is 417 g/mol. The van der Waals surface area contributed by atoms with Gasteiger partial charge < -0.3 is 10.1 Å². The molecule has 8 atom stereocenters. The Morgan fingerprint density at radius 1 is 0.900 bits per heavy atom. The number of Topliss-reactive ketones (excluding diaryl/α,β-unsaturated/α-hetero) is 1. The molecule has 1 N–H and O–H groups in total. The van der Waals surface area contributed by atoms with E-state index in [1.807, 2.05) is 0 Å². The number of carbonyl (C=O) groups is 3. The standard InChI is InChI=1S/C25H39NO4/c1-15(27)20-7-8-21-19-6-5-17-13-18(30-23(29)14-26-16(2)28)9-11-24(17,3)22(19)10-12-25(20,21)4/h17-22H,5-14H2,1-4H3,(H,26,28)/t17-,18-,19+,20-,21+,22+,24+,25-/m1/s1. The Morgan fingerprint density at radius 2 is 1.60 bits per heavy atom. The van der Waals surface area contributed by atoms with Crippen LogP contribution in [0.4, 0.5) is 0 Å². The van der Waals surface area contributed by atoms with E-state index in [0.717, 1.165) is 37.5 Å². The summed E-state index contributed by atoms with van der Waals surface area (Å²) in [5.41, 5.74) is 0.547. The molecule has 0 bridgehead atoms. The molecule has 168 valence electrons. The first-order valence-corrected chi connectivity index (χ1v) is 12.1. The third kappa shape index (κ3) is 3.60. The number of rotatable bonds is 4. The van der Waals surface area contributed by atoms with Crippen molar-refractivity contribution >= 4 is 17.7 Å². The summed E-state index contributed by atoms with van der Waals surface area (Å²) in [5.74, 6) is 2.97. The molecule has 1 amide bonds. The number of nitrogens with one attached hydrogen (secondary N) is 1. The van der Waals surface area contributed by atoms with Crippen LogP contribution in [0.5, 0.6) is 0 Å². The molecule has 4 aliphatic rings. The van der Waals surface area contributed by atoms with Crippen molar-refractivity contribution in [2.45, 2.75) is 91.6 Å². The minimum Gasteiger partial charge on any atom is -0.461 e. The lowest BCUT2D eigenvalue weighted by Gasteiger charge is -2.61. The molecule has 0 aromatic heterocycles. The minimum atomic E-state index is -0.317. The Labute approximate surface area is 181 Å². The third-order valence-electron chi connectivity index (χ3n) is 9.89. The number of carbonyl (C=O) groups excluding carboxylic acids is 3. The number of hydrogen-bond donors (Lipinski definition) is 1. The zero-order valence-corrected chi connectivity index (χ0v) is 19.2. The van der Waals surface area contributed by atoms with Gasteiger partial charge in [-0.15, -0.1) is 0 Å². The second kappa shape index (κ2) is 7.94. The average molecular weight is 418 g/mol. The SMILES string of the molecule is CC(=O)NCC(=O)O[C@@H]1CC[C@@]2(C)[C@H](CC[C@@H]3[C@@H]2CC[C@]2(C)[C@@H](C(C)=O)CC[C@@H]32)C1. The Balaban J connectivity index is 1.42. The van der Waals surface area contributed by atoms with E-state index in [0.29, 0.717) is 23.0 Å². The van der Waals surface area contributed by atoms with Crippen LogP contribution in [0, 0.1) is 40.4 Å². The molecule has 4 fully saturated rings. The average Bonchev–Trinajstić information content (AvgIpc) is 3.04. The van der Waals surface area contributed by atoms with Gasteiger partial charge in [-0.25, -0.2) is 0 Å². The maximum atomic E-state index is 12.3. The molecule has 0 heterocycles. The van der Waals surface area contributed by atoms with E-state index in [1.165, 1.54) is 39.0 Å². The van der Waals surface area contributed by atoms with E-state index >= 15 is 0 Å². The van der Waals surface area contributed by atoms with Crippen LogP contribution in [0.25, 0.3) is 0 Å². The number of ether oxygens (including phenoxy) is 1. The van der Waals surface area contributed by atoms with Crippen LogP contribution in [0.2, 0.25) is 0 Å². The molecule has 0 aromatic carbocycles. The van der Waals surface area contributed by atoms with Gasteiger partial charge in [0.15, 0.2) is 0 Å². The number of esters is 1. The van der Waals surface area contributed by atoms with E-state index in [9.17, 15) is 14.4 Å². The van der Waals surface area contributed by atoms with E-state index < -0.39 is 0 Å². The highest BCUT2D eigenvalue weighted by atomic mass is 16.5. The summed E-state index contributed by atoms with van der Waals surface area (Å²) in [7, 11) is 0. The van der Waals surface area contributed by atoms with Crippen LogP contribution >= 0.6 is 0 Å². The summed E-state index contributed by atoms with van der Waals surface area (Å²) in [5, 5.41) is 2.53. The van der Waals surface area contributed by atoms with Crippen molar-refractivity contribution in [3.8, 4) is 0 Å². The van der Waals surface area contributed by atoms with Crippen molar-refractivity contribution in [2.24, 2.45) is 40.4 Å². The van der Waals surface area contributed by atoms with E-state index in [1.54, 1.807) is 6.92 Å². The highest BCUT2D eigenvalue weighted by molar-refractivity contribution is 5.80. The Bertz CT molecular complexity index is 720. The summed E-state index contributed by atoms with van der Waals surface area (Å²) in [4.78, 5) is 35.4. The molecule has 4 rings (SSSR count). The molecule has 30 heavy (non-hydrogen) atoms. The van der Waals surface area contributed by atoms with E-state index in [-0.39, 0.29) is 35.9 Å². The van der Waals surface area contributed by atoms with Crippen LogP contribution in [-0.4, -0.2) is 30.3 Å². The number of amides is 1. The van der Waals surface area contributed by atoms with Crippen LogP contribution < -0.4 is 5.32 Å².